The molecule has 2 unspecified atom stereocenters. The largest absolute Gasteiger partial charge is 0.480 e. The van der Waals surface area contributed by atoms with Crippen LogP contribution in [-0.4, -0.2) is 58.6 Å². The molecule has 2 N–H and O–H groups in total. The van der Waals surface area contributed by atoms with E-state index in [-0.39, 0.29) is 5.91 Å². The lowest BCUT2D eigenvalue weighted by molar-refractivity contribution is -0.141. The van der Waals surface area contributed by atoms with Crippen LogP contribution in [0.25, 0.3) is 5.57 Å². The Labute approximate surface area is 283 Å². The predicted octanol–water partition coefficient (Wildman–Crippen LogP) is 9.29. The van der Waals surface area contributed by atoms with Gasteiger partial charge >= 0.3 is 5.97 Å². The van der Waals surface area contributed by atoms with Crippen molar-refractivity contribution in [2.75, 3.05) is 18.6 Å². The quantitative estimate of drug-likeness (QED) is 0.123. The number of thioether (sulfide) groups is 1. The molecule has 1 aromatic carbocycles. The van der Waals surface area contributed by atoms with Crippen molar-refractivity contribution in [1.82, 2.24) is 10.2 Å². The molecule has 1 amide bonds. The van der Waals surface area contributed by atoms with Gasteiger partial charge in [0.2, 0.25) is 0 Å². The summed E-state index contributed by atoms with van der Waals surface area (Å²) >= 11 is 1.59. The van der Waals surface area contributed by atoms with Crippen molar-refractivity contribution >= 4 is 29.2 Å². The maximum atomic E-state index is 13.8. The van der Waals surface area contributed by atoms with Crippen LogP contribution >= 0.6 is 11.8 Å². The normalized spacial score (nSPS) is 18.6. The van der Waals surface area contributed by atoms with Crippen molar-refractivity contribution in [2.24, 2.45) is 5.92 Å². The third kappa shape index (κ3) is 11.3. The zero-order valence-electron chi connectivity index (χ0n) is 28.9. The minimum absolute atomic E-state index is 0.314. The molecular formula is C40H58N2O3S. The van der Waals surface area contributed by atoms with Gasteiger partial charge in [-0.25, -0.2) is 4.79 Å². The Morgan fingerprint density at radius 2 is 1.83 bits per heavy atom. The lowest BCUT2D eigenvalue weighted by atomic mass is 9.83. The van der Waals surface area contributed by atoms with Gasteiger partial charge < -0.3 is 10.4 Å². The number of allylic oxidation sites excluding steroid dienone is 5. The Kier molecular flexibility index (Phi) is 14.7. The number of amides is 1. The van der Waals surface area contributed by atoms with Gasteiger partial charge in [-0.05, 0) is 107 Å². The first kappa shape index (κ1) is 36.3. The lowest BCUT2D eigenvalue weighted by Crippen LogP contribution is -2.41. The van der Waals surface area contributed by atoms with Crippen LogP contribution in [0.3, 0.4) is 0 Å². The topological polar surface area (TPSA) is 69.6 Å². The van der Waals surface area contributed by atoms with Gasteiger partial charge in [-0.1, -0.05) is 98.2 Å². The summed E-state index contributed by atoms with van der Waals surface area (Å²) in [6.45, 7) is 7.40. The highest BCUT2D eigenvalue weighted by Crippen LogP contribution is 2.37. The molecule has 2 atom stereocenters. The van der Waals surface area contributed by atoms with Crippen LogP contribution in [0.5, 0.6) is 0 Å². The number of carboxylic acid groups (broad SMARTS) is 1. The van der Waals surface area contributed by atoms with Crippen LogP contribution in [-0.2, 0) is 9.59 Å². The number of hydrogen-bond donors (Lipinski definition) is 2. The number of aryl methyl sites for hydroxylation is 1. The molecule has 3 aliphatic carbocycles. The van der Waals surface area contributed by atoms with Crippen molar-refractivity contribution in [1.29, 1.82) is 0 Å². The van der Waals surface area contributed by atoms with E-state index in [1.54, 1.807) is 11.8 Å². The summed E-state index contributed by atoms with van der Waals surface area (Å²) in [5.41, 5.74) is 6.33. The number of benzene rings is 1. The zero-order chi connectivity index (χ0) is 32.9. The number of carbonyl (C=O) groups is 2. The van der Waals surface area contributed by atoms with E-state index in [0.717, 1.165) is 35.6 Å². The van der Waals surface area contributed by atoms with E-state index < -0.39 is 12.0 Å². The average Bonchev–Trinajstić information content (AvgIpc) is 3.89. The first-order valence-electron chi connectivity index (χ1n) is 17.8. The maximum Gasteiger partial charge on any atom is 0.326 e. The Hall–Kier alpha value is -2.57. The summed E-state index contributed by atoms with van der Waals surface area (Å²) in [6.07, 6.45) is 27.6. The summed E-state index contributed by atoms with van der Waals surface area (Å²) in [5.74, 6) is 0.214. The first-order chi connectivity index (χ1) is 22.3. The summed E-state index contributed by atoms with van der Waals surface area (Å²) in [6, 6.07) is 8.57. The van der Waals surface area contributed by atoms with Crippen molar-refractivity contribution < 1.29 is 14.7 Å². The van der Waals surface area contributed by atoms with E-state index in [4.69, 9.17) is 0 Å². The molecule has 0 saturated heterocycles. The van der Waals surface area contributed by atoms with Gasteiger partial charge in [0.15, 0.2) is 0 Å². The Morgan fingerprint density at radius 3 is 2.50 bits per heavy atom. The fraction of sp³-hybridized carbons (Fsp3) is 0.600. The van der Waals surface area contributed by atoms with Gasteiger partial charge in [0.05, 0.1) is 0 Å². The lowest BCUT2D eigenvalue weighted by Gasteiger charge is -2.36. The number of aliphatic carboxylic acids is 1. The summed E-state index contributed by atoms with van der Waals surface area (Å²) in [5, 5.41) is 12.7. The average molecular weight is 647 g/mol. The molecule has 0 bridgehead atoms. The molecule has 0 spiro atoms. The second-order valence-electron chi connectivity index (χ2n) is 14.1. The minimum atomic E-state index is -0.987. The van der Waals surface area contributed by atoms with E-state index >= 15 is 0 Å². The van der Waals surface area contributed by atoms with Gasteiger partial charge in [0.25, 0.3) is 5.91 Å². The van der Waals surface area contributed by atoms with Crippen molar-refractivity contribution in [3.05, 3.63) is 76.4 Å². The molecule has 3 aliphatic rings. The monoisotopic (exact) mass is 646 g/mol. The molecule has 1 aromatic rings. The number of carbonyl (C=O) groups excluding carboxylic acids is 1. The Morgan fingerprint density at radius 1 is 1.07 bits per heavy atom. The third-order valence-electron chi connectivity index (χ3n) is 9.94. The smallest absolute Gasteiger partial charge is 0.326 e. The molecular weight excluding hydrogens is 589 g/mol. The van der Waals surface area contributed by atoms with Crippen molar-refractivity contribution in [2.45, 2.75) is 129 Å². The molecule has 2 saturated carbocycles. The fourth-order valence-corrected chi connectivity index (χ4v) is 7.70. The van der Waals surface area contributed by atoms with Gasteiger partial charge in [-0.15, -0.1) is 0 Å². The van der Waals surface area contributed by atoms with Gasteiger partial charge in [-0.2, -0.15) is 11.8 Å². The highest BCUT2D eigenvalue weighted by atomic mass is 32.2. The van der Waals surface area contributed by atoms with E-state index in [9.17, 15) is 14.7 Å². The zero-order valence-corrected chi connectivity index (χ0v) is 29.7. The molecule has 46 heavy (non-hydrogen) atoms. The second-order valence-corrected chi connectivity index (χ2v) is 15.0. The molecule has 5 nitrogen and oxygen atoms in total. The van der Waals surface area contributed by atoms with Crippen LogP contribution in [0.2, 0.25) is 0 Å². The number of carboxylic acids is 1. The predicted molar refractivity (Wildman–Crippen MR) is 195 cm³/mol. The van der Waals surface area contributed by atoms with Crippen molar-refractivity contribution in [3.63, 3.8) is 0 Å². The number of unbranched alkanes of at least 4 members (excludes halogenated alkanes) is 2. The highest BCUT2D eigenvalue weighted by Gasteiger charge is 2.35. The van der Waals surface area contributed by atoms with Crippen LogP contribution in [0.4, 0.5) is 0 Å². The van der Waals surface area contributed by atoms with Crippen LogP contribution in [0, 0.1) is 12.8 Å². The molecule has 2 fully saturated rings. The standard InChI is InChI=1S/C40H58N2O3S/c1-29(2)14-7-5-10-19-34(26-31-16-8-6-9-17-31)42(33-22-23-33)28-32-18-13-21-36(37(27-32)35-20-12-11-15-30(35)3)39(43)41-38(40(44)45)24-25-46-4/h11-15,20-21,27,31,33-34,38H,5-10,16-19,22-26,28H2,1-4H3,(H,41,43)(H,44,45). The third-order valence-corrected chi connectivity index (χ3v) is 10.6. The molecule has 4 rings (SSSR count). The Bertz CT molecular complexity index is 1280. The summed E-state index contributed by atoms with van der Waals surface area (Å²) < 4.78 is 0. The van der Waals surface area contributed by atoms with E-state index in [0.29, 0.717) is 29.8 Å². The summed E-state index contributed by atoms with van der Waals surface area (Å²) in [7, 11) is 0. The molecule has 0 heterocycles. The van der Waals surface area contributed by atoms with E-state index in [1.165, 1.54) is 88.2 Å². The van der Waals surface area contributed by atoms with Gasteiger partial charge in [-0.3, -0.25) is 9.69 Å². The minimum Gasteiger partial charge on any atom is -0.480 e. The maximum absolute atomic E-state index is 13.8. The van der Waals surface area contributed by atoms with E-state index in [1.807, 2.05) is 24.5 Å². The number of nitrogens with zero attached hydrogens (tertiary/aromatic N) is 1. The number of hydrogen-bond acceptors (Lipinski definition) is 4. The molecule has 0 aliphatic heterocycles. The SMILES string of the molecule is CSCCC(NC(=O)C1=C(c2ccccc2C)C=C(CN(C2CC2)C(CCCCC=C(C)C)CC2CCCCC2)CC=C1)C(=O)O. The van der Waals surface area contributed by atoms with E-state index in [2.05, 4.69) is 61.3 Å². The molecule has 0 aromatic heterocycles. The highest BCUT2D eigenvalue weighted by molar-refractivity contribution is 7.98. The fourth-order valence-electron chi connectivity index (χ4n) is 7.23. The second kappa shape index (κ2) is 18.7. The van der Waals surface area contributed by atoms with Gasteiger partial charge in [0, 0.05) is 24.2 Å². The molecule has 0 radical (unpaired) electrons. The van der Waals surface area contributed by atoms with Gasteiger partial charge in [0.1, 0.15) is 6.04 Å². The molecule has 6 heteroatoms. The van der Waals surface area contributed by atoms with Crippen molar-refractivity contribution in [3.8, 4) is 0 Å². The first-order valence-corrected chi connectivity index (χ1v) is 19.2. The summed E-state index contributed by atoms with van der Waals surface area (Å²) in [4.78, 5) is 28.6. The Balaban J connectivity index is 1.63. The van der Waals surface area contributed by atoms with Crippen LogP contribution in [0.15, 0.2) is 65.3 Å². The van der Waals surface area contributed by atoms with Crippen LogP contribution in [0.1, 0.15) is 115 Å². The molecule has 252 valence electrons. The van der Waals surface area contributed by atoms with Crippen LogP contribution < -0.4 is 5.32 Å². The number of nitrogens with one attached hydrogen (secondary N) is 1. The number of rotatable bonds is 18.